The van der Waals surface area contributed by atoms with E-state index in [4.69, 9.17) is 21.3 Å². The number of benzene rings is 2. The Morgan fingerprint density at radius 2 is 1.93 bits per heavy atom. The van der Waals surface area contributed by atoms with Crippen LogP contribution < -0.4 is 14.4 Å². The molecule has 242 valence electrons. The zero-order chi connectivity index (χ0) is 31.7. The number of hydrogen-bond donors (Lipinski definition) is 1. The van der Waals surface area contributed by atoms with Gasteiger partial charge < -0.3 is 14.2 Å². The number of nitrogens with one attached hydrogen (secondary N) is 1. The Kier molecular flexibility index (Phi) is 9.90. The van der Waals surface area contributed by atoms with Gasteiger partial charge in [0.25, 0.3) is 5.91 Å². The summed E-state index contributed by atoms with van der Waals surface area (Å²) in [7, 11) is 0.626. The fourth-order valence-electron chi connectivity index (χ4n) is 7.71. The molecule has 1 fully saturated rings. The van der Waals surface area contributed by atoms with Crippen molar-refractivity contribution in [2.75, 3.05) is 24.6 Å². The average Bonchev–Trinajstić information content (AvgIpc) is 3.35. The predicted octanol–water partition coefficient (Wildman–Crippen LogP) is 7.42. The second-order valence-corrected chi connectivity index (χ2v) is 15.5. The molecule has 7 nitrogen and oxygen atoms in total. The molecular formula is C36H47ClN4O3S. The standard InChI is InChI=1S/C36H47ClN4O3S/c1-5-7-25-18-29(37)12-14-30(25)28-21-41-20-27-10-13-31(27)32(35-38-16-17-40(35)4)9-6-8-23(2)24(3)45(43)39-36(42)26-11-15-34(44-22-28)33(41)19-26/h11-12,14-19,23-24,27-28,31-32H,5-10,13,20-22H2,1-4H3,(H,39,42). The Bertz CT molecular complexity index is 1540. The number of amides is 1. The van der Waals surface area contributed by atoms with Crippen molar-refractivity contribution in [2.45, 2.75) is 82.8 Å². The highest BCUT2D eigenvalue weighted by atomic mass is 35.5. The zero-order valence-electron chi connectivity index (χ0n) is 27.0. The van der Waals surface area contributed by atoms with Gasteiger partial charge in [-0.05, 0) is 98.2 Å². The maximum atomic E-state index is 13.4. The molecular weight excluding hydrogens is 604 g/mol. The Morgan fingerprint density at radius 3 is 2.67 bits per heavy atom. The van der Waals surface area contributed by atoms with Gasteiger partial charge in [-0.1, -0.05) is 44.4 Å². The van der Waals surface area contributed by atoms with E-state index in [1.807, 2.05) is 31.3 Å². The summed E-state index contributed by atoms with van der Waals surface area (Å²) in [6, 6.07) is 11.9. The predicted molar refractivity (Wildman–Crippen MR) is 183 cm³/mol. The lowest BCUT2D eigenvalue weighted by Crippen LogP contribution is -2.42. The third-order valence-corrected chi connectivity index (χ3v) is 12.4. The molecule has 1 amide bonds. The summed E-state index contributed by atoms with van der Waals surface area (Å²) in [6.45, 7) is 8.56. The first-order chi connectivity index (χ1) is 21.7. The number of imidazole rings is 1. The summed E-state index contributed by atoms with van der Waals surface area (Å²) in [6.07, 6.45) is 11.4. The lowest BCUT2D eigenvalue weighted by atomic mass is 9.65. The molecule has 0 saturated heterocycles. The van der Waals surface area contributed by atoms with Crippen molar-refractivity contribution < 1.29 is 13.7 Å². The summed E-state index contributed by atoms with van der Waals surface area (Å²) in [4.78, 5) is 20.7. The number of carbonyl (C=O) groups is 1. The van der Waals surface area contributed by atoms with Gasteiger partial charge in [-0.2, -0.15) is 0 Å². The van der Waals surface area contributed by atoms with E-state index in [-0.39, 0.29) is 23.0 Å². The molecule has 1 N–H and O–H groups in total. The molecule has 3 heterocycles. The van der Waals surface area contributed by atoms with Crippen molar-refractivity contribution in [3.63, 3.8) is 0 Å². The highest BCUT2D eigenvalue weighted by Crippen LogP contribution is 2.48. The van der Waals surface area contributed by atoms with Gasteiger partial charge in [-0.25, -0.2) is 9.19 Å². The van der Waals surface area contributed by atoms with Gasteiger partial charge in [-0.3, -0.25) is 9.52 Å². The smallest absolute Gasteiger partial charge is 0.263 e. The van der Waals surface area contributed by atoms with E-state index in [9.17, 15) is 9.00 Å². The van der Waals surface area contributed by atoms with Crippen LogP contribution >= 0.6 is 11.6 Å². The molecule has 2 aliphatic heterocycles. The molecule has 2 bridgehead atoms. The SMILES string of the molecule is CCCc1cc(Cl)ccc1C1COc2ccc3cc2N(C1)CC1CCC1C(c1nccn1C)CCCC(C)C(C)S(=O)NC3=O. The molecule has 7 atom stereocenters. The molecule has 1 saturated carbocycles. The molecule has 3 aromatic rings. The Hall–Kier alpha value is -2.84. The van der Waals surface area contributed by atoms with Crippen LogP contribution in [0.2, 0.25) is 5.02 Å². The molecule has 6 rings (SSSR count). The molecule has 9 heteroatoms. The second kappa shape index (κ2) is 13.9. The van der Waals surface area contributed by atoms with Gasteiger partial charge in [0.1, 0.15) is 22.6 Å². The van der Waals surface area contributed by atoms with E-state index in [1.165, 1.54) is 29.8 Å². The number of aromatic nitrogens is 2. The van der Waals surface area contributed by atoms with Crippen LogP contribution in [0.5, 0.6) is 5.75 Å². The first kappa shape index (κ1) is 32.1. The number of hydrogen-bond acceptors (Lipinski definition) is 5. The summed E-state index contributed by atoms with van der Waals surface area (Å²) < 4.78 is 24.8. The zero-order valence-corrected chi connectivity index (χ0v) is 28.6. The summed E-state index contributed by atoms with van der Waals surface area (Å²) in [5.41, 5.74) is 4.01. The van der Waals surface area contributed by atoms with Crippen LogP contribution in [-0.4, -0.2) is 44.6 Å². The van der Waals surface area contributed by atoms with Gasteiger partial charge in [0.05, 0.1) is 17.5 Å². The van der Waals surface area contributed by atoms with Gasteiger partial charge in [0.15, 0.2) is 0 Å². The number of rotatable bonds is 4. The molecule has 2 aromatic carbocycles. The molecule has 0 spiro atoms. The highest BCUT2D eigenvalue weighted by molar-refractivity contribution is 7.84. The summed E-state index contributed by atoms with van der Waals surface area (Å²) >= 11 is 6.45. The minimum absolute atomic E-state index is 0.150. The molecule has 1 aliphatic carbocycles. The number of carbonyl (C=O) groups excluding carboxylic acids is 1. The topological polar surface area (TPSA) is 76.5 Å². The monoisotopic (exact) mass is 650 g/mol. The first-order valence-electron chi connectivity index (χ1n) is 16.7. The largest absolute Gasteiger partial charge is 0.491 e. The lowest BCUT2D eigenvalue weighted by molar-refractivity contribution is 0.0982. The highest BCUT2D eigenvalue weighted by Gasteiger charge is 2.41. The van der Waals surface area contributed by atoms with Crippen LogP contribution in [0.25, 0.3) is 0 Å². The normalized spacial score (nSPS) is 29.1. The number of nitrogens with zero attached hydrogens (tertiary/aromatic N) is 3. The number of fused-ring (bicyclic) bond motifs is 2. The van der Waals surface area contributed by atoms with Crippen molar-refractivity contribution in [1.82, 2.24) is 14.3 Å². The fourth-order valence-corrected chi connectivity index (χ4v) is 8.95. The van der Waals surface area contributed by atoms with E-state index in [0.29, 0.717) is 29.9 Å². The van der Waals surface area contributed by atoms with E-state index < -0.39 is 11.0 Å². The third-order valence-electron chi connectivity index (χ3n) is 10.7. The van der Waals surface area contributed by atoms with Gasteiger partial charge >= 0.3 is 0 Å². The number of ether oxygens (including phenoxy) is 1. The van der Waals surface area contributed by atoms with Crippen molar-refractivity contribution in [1.29, 1.82) is 0 Å². The third kappa shape index (κ3) is 6.83. The molecule has 0 radical (unpaired) electrons. The number of aryl methyl sites for hydroxylation is 2. The van der Waals surface area contributed by atoms with Crippen LogP contribution in [0.4, 0.5) is 5.69 Å². The summed E-state index contributed by atoms with van der Waals surface area (Å²) in [5.74, 6) is 3.45. The van der Waals surface area contributed by atoms with Gasteiger partial charge in [0.2, 0.25) is 0 Å². The van der Waals surface area contributed by atoms with Crippen LogP contribution in [0.1, 0.15) is 98.4 Å². The Labute approximate surface area is 275 Å². The minimum atomic E-state index is -1.49. The summed E-state index contributed by atoms with van der Waals surface area (Å²) in [5, 5.41) is 0.613. The Morgan fingerprint density at radius 1 is 1.09 bits per heavy atom. The van der Waals surface area contributed by atoms with E-state index in [0.717, 1.165) is 61.7 Å². The maximum absolute atomic E-state index is 13.4. The molecule has 3 aliphatic rings. The van der Waals surface area contributed by atoms with Crippen molar-refractivity contribution in [3.8, 4) is 5.75 Å². The average molecular weight is 651 g/mol. The van der Waals surface area contributed by atoms with Crippen LogP contribution in [0.3, 0.4) is 0 Å². The maximum Gasteiger partial charge on any atom is 0.263 e. The van der Waals surface area contributed by atoms with E-state index >= 15 is 0 Å². The van der Waals surface area contributed by atoms with E-state index in [1.54, 1.807) is 6.07 Å². The van der Waals surface area contributed by atoms with Gasteiger partial charge in [-0.15, -0.1) is 0 Å². The molecule has 7 unspecified atom stereocenters. The minimum Gasteiger partial charge on any atom is -0.491 e. The second-order valence-electron chi connectivity index (χ2n) is 13.5. The number of anilines is 1. The van der Waals surface area contributed by atoms with Crippen LogP contribution in [0, 0.1) is 17.8 Å². The first-order valence-corrected chi connectivity index (χ1v) is 18.3. The van der Waals surface area contributed by atoms with E-state index in [2.05, 4.69) is 53.4 Å². The molecule has 1 aromatic heterocycles. The van der Waals surface area contributed by atoms with Crippen LogP contribution in [-0.2, 0) is 24.5 Å². The molecule has 45 heavy (non-hydrogen) atoms. The van der Waals surface area contributed by atoms with Crippen molar-refractivity contribution >= 4 is 34.2 Å². The van der Waals surface area contributed by atoms with Crippen molar-refractivity contribution in [3.05, 3.63) is 76.3 Å². The lowest BCUT2D eigenvalue weighted by Gasteiger charge is -2.45. The van der Waals surface area contributed by atoms with Gasteiger partial charge in [0, 0.05) is 55.0 Å². The Balaban J connectivity index is 1.39. The van der Waals surface area contributed by atoms with Crippen molar-refractivity contribution in [2.24, 2.45) is 24.8 Å². The quantitative estimate of drug-likeness (QED) is 0.318. The van der Waals surface area contributed by atoms with Crippen LogP contribution in [0.15, 0.2) is 48.8 Å². The fraction of sp³-hybridized carbons (Fsp3) is 0.556. The number of halogens is 1.